The maximum atomic E-state index is 13.1. The van der Waals surface area contributed by atoms with Gasteiger partial charge in [-0.2, -0.15) is 0 Å². The first kappa shape index (κ1) is 24.0. The summed E-state index contributed by atoms with van der Waals surface area (Å²) in [6.07, 6.45) is 2.47. The molecule has 1 saturated heterocycles. The van der Waals surface area contributed by atoms with Gasteiger partial charge < -0.3 is 14.7 Å². The first-order valence-corrected chi connectivity index (χ1v) is 11.0. The molecule has 1 fully saturated rings. The highest BCUT2D eigenvalue weighted by Gasteiger charge is 2.46. The summed E-state index contributed by atoms with van der Waals surface area (Å²) < 4.78 is 5.78. The van der Waals surface area contributed by atoms with E-state index in [-0.39, 0.29) is 22.9 Å². The van der Waals surface area contributed by atoms with Gasteiger partial charge in [-0.3, -0.25) is 19.7 Å². The Hall–Kier alpha value is -3.68. The average molecular weight is 453 g/mol. The summed E-state index contributed by atoms with van der Waals surface area (Å²) in [4.78, 5) is 38.1. The number of hydrogen-bond acceptors (Lipinski definition) is 6. The van der Waals surface area contributed by atoms with Crippen LogP contribution in [-0.4, -0.2) is 39.3 Å². The van der Waals surface area contributed by atoms with Crippen LogP contribution in [0.15, 0.2) is 54.1 Å². The van der Waals surface area contributed by atoms with Crippen LogP contribution < -0.4 is 4.74 Å². The lowest BCUT2D eigenvalue weighted by Gasteiger charge is -2.26. The van der Waals surface area contributed by atoms with Crippen LogP contribution >= 0.6 is 0 Å². The number of Topliss-reactive ketones (excluding diaryl/α,β-unsaturated/α-hetero) is 1. The summed E-state index contributed by atoms with van der Waals surface area (Å²) in [7, 11) is 0. The second-order valence-electron chi connectivity index (χ2n) is 8.25. The van der Waals surface area contributed by atoms with Crippen LogP contribution in [0.2, 0.25) is 0 Å². The van der Waals surface area contributed by atoms with E-state index in [4.69, 9.17) is 4.74 Å². The highest BCUT2D eigenvalue weighted by Crippen LogP contribution is 2.40. The molecule has 0 bridgehead atoms. The average Bonchev–Trinajstić information content (AvgIpc) is 3.03. The van der Waals surface area contributed by atoms with Crippen molar-refractivity contribution in [3.63, 3.8) is 0 Å². The van der Waals surface area contributed by atoms with Gasteiger partial charge in [0, 0.05) is 24.2 Å². The van der Waals surface area contributed by atoms with Crippen molar-refractivity contribution in [2.24, 2.45) is 0 Å². The van der Waals surface area contributed by atoms with Crippen molar-refractivity contribution in [1.82, 2.24) is 4.90 Å². The van der Waals surface area contributed by atoms with Crippen molar-refractivity contribution in [3.8, 4) is 5.75 Å². The van der Waals surface area contributed by atoms with Crippen molar-refractivity contribution in [3.05, 3.63) is 75.3 Å². The van der Waals surface area contributed by atoms with Gasteiger partial charge in [-0.25, -0.2) is 0 Å². The molecule has 8 heteroatoms. The summed E-state index contributed by atoms with van der Waals surface area (Å²) in [6.45, 7) is 6.18. The molecule has 0 saturated carbocycles. The van der Waals surface area contributed by atoms with Crippen LogP contribution in [0.1, 0.15) is 57.2 Å². The van der Waals surface area contributed by atoms with Crippen molar-refractivity contribution in [1.29, 1.82) is 0 Å². The molecule has 1 aliphatic rings. The van der Waals surface area contributed by atoms with Gasteiger partial charge in [0.1, 0.15) is 11.5 Å². The molecule has 0 spiro atoms. The molecule has 174 valence electrons. The van der Waals surface area contributed by atoms with E-state index in [0.717, 1.165) is 12.8 Å². The summed E-state index contributed by atoms with van der Waals surface area (Å²) in [5.74, 6) is -1.36. The third kappa shape index (κ3) is 5.22. The molecule has 3 rings (SSSR count). The molecular weight excluding hydrogens is 424 g/mol. The van der Waals surface area contributed by atoms with Gasteiger partial charge in [0.25, 0.3) is 17.4 Å². The number of likely N-dealkylation sites (tertiary alicyclic amines) is 1. The summed E-state index contributed by atoms with van der Waals surface area (Å²) in [5.41, 5.74) is 0.421. The van der Waals surface area contributed by atoms with Gasteiger partial charge >= 0.3 is 0 Å². The molecule has 1 amide bonds. The maximum absolute atomic E-state index is 13.1. The third-order valence-electron chi connectivity index (χ3n) is 5.42. The molecule has 1 atom stereocenters. The third-order valence-corrected chi connectivity index (χ3v) is 5.42. The second kappa shape index (κ2) is 10.3. The van der Waals surface area contributed by atoms with Crippen molar-refractivity contribution in [2.45, 2.75) is 52.2 Å². The zero-order valence-corrected chi connectivity index (χ0v) is 19.0. The fraction of sp³-hybridized carbons (Fsp3) is 0.360. The summed E-state index contributed by atoms with van der Waals surface area (Å²) >= 11 is 0. The van der Waals surface area contributed by atoms with Crippen LogP contribution in [0.5, 0.6) is 5.75 Å². The van der Waals surface area contributed by atoms with Crippen molar-refractivity contribution in [2.75, 3.05) is 6.54 Å². The SMILES string of the molecule is CCCCCN1C(=O)C(=O)/C(=C(\O)c2cccc([N+](=O)[O-])c2)C1c1cccc(OC(C)C)c1. The smallest absolute Gasteiger partial charge is 0.295 e. The second-order valence-corrected chi connectivity index (χ2v) is 8.25. The number of non-ortho nitro benzene ring substituents is 1. The van der Waals surface area contributed by atoms with Gasteiger partial charge in [-0.15, -0.1) is 0 Å². The van der Waals surface area contributed by atoms with E-state index >= 15 is 0 Å². The highest BCUT2D eigenvalue weighted by molar-refractivity contribution is 6.46. The Kier molecular flexibility index (Phi) is 7.48. The number of ketones is 1. The Bertz CT molecular complexity index is 1090. The minimum atomic E-state index is -0.822. The Morgan fingerprint density at radius 2 is 1.88 bits per heavy atom. The molecule has 33 heavy (non-hydrogen) atoms. The first-order chi connectivity index (χ1) is 15.7. The number of nitro groups is 1. The maximum Gasteiger partial charge on any atom is 0.295 e. The lowest BCUT2D eigenvalue weighted by molar-refractivity contribution is -0.384. The Balaban J connectivity index is 2.15. The molecule has 1 N–H and O–H groups in total. The minimum Gasteiger partial charge on any atom is -0.507 e. The molecule has 0 aliphatic carbocycles. The zero-order chi connectivity index (χ0) is 24.1. The van der Waals surface area contributed by atoms with Crippen LogP contribution in [-0.2, 0) is 9.59 Å². The number of carbonyl (C=O) groups excluding carboxylic acids is 2. The fourth-order valence-corrected chi connectivity index (χ4v) is 3.94. The number of aliphatic hydroxyl groups excluding tert-OH is 1. The van der Waals surface area contributed by atoms with Crippen LogP contribution in [0, 0.1) is 10.1 Å². The molecule has 2 aromatic rings. The lowest BCUT2D eigenvalue weighted by Crippen LogP contribution is -2.30. The number of nitrogens with zero attached hydrogens (tertiary/aromatic N) is 2. The van der Waals surface area contributed by atoms with Crippen LogP contribution in [0.4, 0.5) is 5.69 Å². The topological polar surface area (TPSA) is 110 Å². The molecule has 1 heterocycles. The lowest BCUT2D eigenvalue weighted by atomic mass is 9.95. The molecule has 8 nitrogen and oxygen atoms in total. The molecule has 0 radical (unpaired) electrons. The van der Waals surface area contributed by atoms with E-state index in [2.05, 4.69) is 0 Å². The quantitative estimate of drug-likeness (QED) is 0.143. The minimum absolute atomic E-state index is 0.0685. The number of unbranched alkanes of at least 4 members (excludes halogenated alkanes) is 2. The monoisotopic (exact) mass is 452 g/mol. The van der Waals surface area contributed by atoms with Gasteiger partial charge in [-0.05, 0) is 38.0 Å². The van der Waals surface area contributed by atoms with Gasteiger partial charge in [0.15, 0.2) is 0 Å². The number of hydrogen-bond donors (Lipinski definition) is 1. The molecular formula is C25H28N2O6. The fourth-order valence-electron chi connectivity index (χ4n) is 3.94. The summed E-state index contributed by atoms with van der Waals surface area (Å²) in [6, 6.07) is 11.6. The Morgan fingerprint density at radius 3 is 2.55 bits per heavy atom. The number of benzene rings is 2. The molecule has 0 aromatic heterocycles. The Labute approximate surface area is 192 Å². The normalized spacial score (nSPS) is 17.6. The number of amides is 1. The van der Waals surface area contributed by atoms with E-state index in [1.807, 2.05) is 20.8 Å². The van der Waals surface area contributed by atoms with E-state index in [1.165, 1.54) is 29.2 Å². The van der Waals surface area contributed by atoms with E-state index in [9.17, 15) is 24.8 Å². The van der Waals surface area contributed by atoms with Crippen molar-refractivity contribution < 1.29 is 24.4 Å². The number of aliphatic hydroxyl groups is 1. The predicted molar refractivity (Wildman–Crippen MR) is 124 cm³/mol. The number of rotatable bonds is 9. The largest absolute Gasteiger partial charge is 0.507 e. The Morgan fingerprint density at radius 1 is 1.15 bits per heavy atom. The zero-order valence-electron chi connectivity index (χ0n) is 19.0. The number of carbonyl (C=O) groups is 2. The standard InChI is InChI=1S/C25H28N2O6/c1-4-5-6-13-26-22(17-9-8-12-20(15-17)33-16(2)3)21(24(29)25(26)30)23(28)18-10-7-11-19(14-18)27(31)32/h7-12,14-16,22,28H,4-6,13H2,1-3H3/b23-21-. The van der Waals surface area contributed by atoms with Gasteiger partial charge in [0.05, 0.1) is 22.6 Å². The number of nitro benzene ring substituents is 1. The van der Waals surface area contributed by atoms with Crippen LogP contribution in [0.3, 0.4) is 0 Å². The molecule has 1 unspecified atom stereocenters. The van der Waals surface area contributed by atoms with Crippen LogP contribution in [0.25, 0.3) is 5.76 Å². The predicted octanol–water partition coefficient (Wildman–Crippen LogP) is 4.99. The van der Waals surface area contributed by atoms with Gasteiger partial charge in [-0.1, -0.05) is 44.0 Å². The van der Waals surface area contributed by atoms with Crippen molar-refractivity contribution >= 4 is 23.1 Å². The van der Waals surface area contributed by atoms with E-state index in [1.54, 1.807) is 24.3 Å². The number of ether oxygens (including phenoxy) is 1. The van der Waals surface area contributed by atoms with E-state index < -0.39 is 28.4 Å². The summed E-state index contributed by atoms with van der Waals surface area (Å²) in [5, 5.41) is 22.3. The molecule has 1 aliphatic heterocycles. The molecule has 2 aromatic carbocycles. The van der Waals surface area contributed by atoms with Gasteiger partial charge in [0.2, 0.25) is 0 Å². The first-order valence-electron chi connectivity index (χ1n) is 11.0. The highest BCUT2D eigenvalue weighted by atomic mass is 16.6. The van der Waals surface area contributed by atoms with E-state index in [0.29, 0.717) is 24.3 Å².